The monoisotopic (exact) mass is 421 g/mol. The van der Waals surface area contributed by atoms with E-state index in [2.05, 4.69) is 10.5 Å². The Morgan fingerprint density at radius 1 is 1.19 bits per heavy atom. The van der Waals surface area contributed by atoms with E-state index >= 15 is 0 Å². The lowest BCUT2D eigenvalue weighted by Crippen LogP contribution is -2.17. The van der Waals surface area contributed by atoms with Crippen molar-refractivity contribution in [2.75, 3.05) is 7.11 Å². The molecule has 1 N–H and O–H groups in total. The summed E-state index contributed by atoms with van der Waals surface area (Å²) in [6.07, 6.45) is 3.23. The number of hydrogen-bond donors (Lipinski definition) is 1. The van der Waals surface area contributed by atoms with Gasteiger partial charge in [0, 0.05) is 23.6 Å². The highest BCUT2D eigenvalue weighted by atomic mass is 16.6. The van der Waals surface area contributed by atoms with Crippen LogP contribution in [0.4, 0.5) is 5.69 Å². The lowest BCUT2D eigenvalue weighted by molar-refractivity contribution is -0.385. The van der Waals surface area contributed by atoms with E-state index in [-0.39, 0.29) is 11.6 Å². The largest absolute Gasteiger partial charge is 0.497 e. The Morgan fingerprint density at radius 2 is 1.97 bits per heavy atom. The SMILES string of the molecule is COc1ccc(CCCC(=O)N/N=C\c2ccc(-c3cccc([N+](=O)[O-])c3C)o2)cc1. The predicted molar refractivity (Wildman–Crippen MR) is 117 cm³/mol. The van der Waals surface area contributed by atoms with Crippen LogP contribution in [0.15, 0.2) is 64.1 Å². The van der Waals surface area contributed by atoms with Crippen LogP contribution in [0, 0.1) is 17.0 Å². The number of amides is 1. The van der Waals surface area contributed by atoms with Gasteiger partial charge in [-0.3, -0.25) is 14.9 Å². The zero-order chi connectivity index (χ0) is 22.2. The van der Waals surface area contributed by atoms with Gasteiger partial charge in [0.05, 0.1) is 18.2 Å². The maximum atomic E-state index is 12.0. The topological polar surface area (TPSA) is 107 Å². The van der Waals surface area contributed by atoms with E-state index in [0.29, 0.717) is 35.5 Å². The van der Waals surface area contributed by atoms with Gasteiger partial charge in [-0.25, -0.2) is 5.43 Å². The fourth-order valence-corrected chi connectivity index (χ4v) is 3.12. The number of ether oxygens (including phenoxy) is 1. The van der Waals surface area contributed by atoms with Crippen LogP contribution in [0.5, 0.6) is 5.75 Å². The van der Waals surface area contributed by atoms with Gasteiger partial charge in [-0.15, -0.1) is 0 Å². The fourth-order valence-electron chi connectivity index (χ4n) is 3.12. The molecule has 0 saturated carbocycles. The van der Waals surface area contributed by atoms with E-state index in [9.17, 15) is 14.9 Å². The third-order valence-electron chi connectivity index (χ3n) is 4.80. The Bertz CT molecular complexity index is 1090. The minimum Gasteiger partial charge on any atom is -0.497 e. The first-order chi connectivity index (χ1) is 15.0. The number of nitrogens with zero attached hydrogens (tertiary/aromatic N) is 2. The summed E-state index contributed by atoms with van der Waals surface area (Å²) < 4.78 is 10.8. The van der Waals surface area contributed by atoms with Crippen molar-refractivity contribution < 1.29 is 18.9 Å². The number of nitro groups is 1. The molecule has 0 aliphatic carbocycles. The summed E-state index contributed by atoms with van der Waals surface area (Å²) in [4.78, 5) is 22.6. The van der Waals surface area contributed by atoms with Crippen molar-refractivity contribution in [3.05, 3.63) is 81.6 Å². The van der Waals surface area contributed by atoms with Crippen molar-refractivity contribution in [3.8, 4) is 17.1 Å². The average Bonchev–Trinajstić information content (AvgIpc) is 3.23. The third kappa shape index (κ3) is 5.79. The van der Waals surface area contributed by atoms with Crippen LogP contribution in [-0.4, -0.2) is 24.2 Å². The second-order valence-electron chi connectivity index (χ2n) is 6.90. The number of hydrogen-bond acceptors (Lipinski definition) is 6. The molecule has 1 heterocycles. The van der Waals surface area contributed by atoms with E-state index < -0.39 is 4.92 Å². The number of carbonyl (C=O) groups excluding carboxylic acids is 1. The maximum Gasteiger partial charge on any atom is 0.273 e. The average molecular weight is 421 g/mol. The summed E-state index contributed by atoms with van der Waals surface area (Å²) >= 11 is 0. The molecule has 3 rings (SSSR count). The summed E-state index contributed by atoms with van der Waals surface area (Å²) in [6, 6.07) is 16.0. The Kier molecular flexibility index (Phi) is 7.16. The summed E-state index contributed by atoms with van der Waals surface area (Å²) in [7, 11) is 1.62. The first-order valence-corrected chi connectivity index (χ1v) is 9.77. The number of carbonyl (C=O) groups is 1. The molecular weight excluding hydrogens is 398 g/mol. The van der Waals surface area contributed by atoms with Crippen molar-refractivity contribution in [2.45, 2.75) is 26.2 Å². The smallest absolute Gasteiger partial charge is 0.273 e. The van der Waals surface area contributed by atoms with Crippen LogP contribution < -0.4 is 10.2 Å². The van der Waals surface area contributed by atoms with Crippen molar-refractivity contribution in [1.29, 1.82) is 0 Å². The van der Waals surface area contributed by atoms with Gasteiger partial charge in [0.15, 0.2) is 0 Å². The molecular formula is C23H23N3O5. The molecule has 1 aromatic heterocycles. The minimum absolute atomic E-state index is 0.0334. The van der Waals surface area contributed by atoms with Crippen LogP contribution in [0.1, 0.15) is 29.7 Å². The van der Waals surface area contributed by atoms with Gasteiger partial charge >= 0.3 is 0 Å². The van der Waals surface area contributed by atoms with Crippen molar-refractivity contribution in [1.82, 2.24) is 5.43 Å². The number of nitro benzene ring substituents is 1. The summed E-state index contributed by atoms with van der Waals surface area (Å²) in [6.45, 7) is 1.68. The summed E-state index contributed by atoms with van der Waals surface area (Å²) in [5, 5.41) is 15.0. The Hall–Kier alpha value is -3.94. The zero-order valence-electron chi connectivity index (χ0n) is 17.3. The normalized spacial score (nSPS) is 10.9. The van der Waals surface area contributed by atoms with Crippen LogP contribution in [0.25, 0.3) is 11.3 Å². The number of rotatable bonds is 9. The van der Waals surface area contributed by atoms with Crippen LogP contribution in [0.2, 0.25) is 0 Å². The molecule has 0 aliphatic rings. The Balaban J connectivity index is 1.50. The molecule has 0 spiro atoms. The molecule has 0 atom stereocenters. The molecule has 0 bridgehead atoms. The molecule has 0 saturated heterocycles. The van der Waals surface area contributed by atoms with E-state index in [1.165, 1.54) is 12.3 Å². The molecule has 1 amide bonds. The predicted octanol–water partition coefficient (Wildman–Crippen LogP) is 4.64. The Morgan fingerprint density at radius 3 is 2.68 bits per heavy atom. The summed E-state index contributed by atoms with van der Waals surface area (Å²) in [5.41, 5.74) is 4.81. The van der Waals surface area contributed by atoms with E-state index in [1.807, 2.05) is 24.3 Å². The summed E-state index contributed by atoms with van der Waals surface area (Å²) in [5.74, 6) is 1.54. The molecule has 160 valence electrons. The molecule has 8 nitrogen and oxygen atoms in total. The third-order valence-corrected chi connectivity index (χ3v) is 4.80. The number of furan rings is 1. The van der Waals surface area contributed by atoms with Gasteiger partial charge in [0.2, 0.25) is 5.91 Å². The van der Waals surface area contributed by atoms with E-state index in [1.54, 1.807) is 38.3 Å². The zero-order valence-corrected chi connectivity index (χ0v) is 17.3. The number of methoxy groups -OCH3 is 1. The highest BCUT2D eigenvalue weighted by Crippen LogP contribution is 2.30. The number of nitrogens with one attached hydrogen (secondary N) is 1. The molecule has 0 fully saturated rings. The van der Waals surface area contributed by atoms with Crippen LogP contribution in [0.3, 0.4) is 0 Å². The van der Waals surface area contributed by atoms with Gasteiger partial charge < -0.3 is 9.15 Å². The second kappa shape index (κ2) is 10.2. The molecule has 3 aromatic rings. The van der Waals surface area contributed by atoms with Crippen molar-refractivity contribution in [3.63, 3.8) is 0 Å². The first kappa shape index (κ1) is 21.8. The fraction of sp³-hybridized carbons (Fsp3) is 0.217. The first-order valence-electron chi connectivity index (χ1n) is 9.77. The number of aryl methyl sites for hydroxylation is 1. The Labute approximate surface area is 179 Å². The molecule has 0 radical (unpaired) electrons. The molecule has 0 unspecified atom stereocenters. The van der Waals surface area contributed by atoms with Gasteiger partial charge in [0.25, 0.3) is 5.69 Å². The number of hydrazone groups is 1. The van der Waals surface area contributed by atoms with E-state index in [0.717, 1.165) is 17.7 Å². The van der Waals surface area contributed by atoms with E-state index in [4.69, 9.17) is 9.15 Å². The standard InChI is InChI=1S/C23H23N3O5/c1-16-20(6-4-7-21(16)26(28)29)22-14-13-19(31-22)15-24-25-23(27)8-3-5-17-9-11-18(30-2)12-10-17/h4,6-7,9-15H,3,5,8H2,1-2H3,(H,25,27)/b24-15-. The minimum atomic E-state index is -0.422. The molecule has 8 heteroatoms. The van der Waals surface area contributed by atoms with Crippen LogP contribution in [-0.2, 0) is 11.2 Å². The maximum absolute atomic E-state index is 12.0. The highest BCUT2D eigenvalue weighted by molar-refractivity contribution is 5.81. The van der Waals surface area contributed by atoms with Crippen molar-refractivity contribution >= 4 is 17.8 Å². The van der Waals surface area contributed by atoms with Gasteiger partial charge in [-0.05, 0) is 49.6 Å². The van der Waals surface area contributed by atoms with Gasteiger partial charge in [-0.2, -0.15) is 5.10 Å². The molecule has 0 aliphatic heterocycles. The van der Waals surface area contributed by atoms with Crippen molar-refractivity contribution in [2.24, 2.45) is 5.10 Å². The second-order valence-corrected chi connectivity index (χ2v) is 6.90. The quantitative estimate of drug-likeness (QED) is 0.308. The number of benzene rings is 2. The highest BCUT2D eigenvalue weighted by Gasteiger charge is 2.16. The van der Waals surface area contributed by atoms with Gasteiger partial charge in [0.1, 0.15) is 17.3 Å². The molecule has 31 heavy (non-hydrogen) atoms. The molecule has 2 aromatic carbocycles. The van der Waals surface area contributed by atoms with Gasteiger partial charge in [-0.1, -0.05) is 24.3 Å². The lowest BCUT2D eigenvalue weighted by atomic mass is 10.1. The lowest BCUT2D eigenvalue weighted by Gasteiger charge is -2.03. The van der Waals surface area contributed by atoms with Crippen LogP contribution >= 0.6 is 0 Å².